The first-order valence-corrected chi connectivity index (χ1v) is 10.7. The lowest BCUT2D eigenvalue weighted by Gasteiger charge is -2.22. The molecule has 2 rings (SSSR count). The maximum Gasteiger partial charge on any atom is 0.326 e. The number of likely N-dealkylation sites (N-methyl/N-ethyl adjacent to an activating group) is 1. The van der Waals surface area contributed by atoms with Gasteiger partial charge in [-0.2, -0.15) is 0 Å². The number of carbonyl (C=O) groups excluding carboxylic acids is 2. The highest BCUT2D eigenvalue weighted by Gasteiger charge is 2.21. The van der Waals surface area contributed by atoms with Crippen LogP contribution in [0.2, 0.25) is 5.02 Å². The number of halogens is 2. The van der Waals surface area contributed by atoms with Gasteiger partial charge in [-0.15, -0.1) is 0 Å². The fourth-order valence-corrected chi connectivity index (χ4v) is 3.73. The van der Waals surface area contributed by atoms with Crippen LogP contribution < -0.4 is 4.72 Å². The summed E-state index contributed by atoms with van der Waals surface area (Å²) >= 11 is 5.64. The van der Waals surface area contributed by atoms with Gasteiger partial charge in [0.1, 0.15) is 18.0 Å². The first-order valence-electron chi connectivity index (χ1n) is 8.84. The Kier molecular flexibility index (Phi) is 7.10. The second-order valence-electron chi connectivity index (χ2n) is 7.51. The summed E-state index contributed by atoms with van der Waals surface area (Å²) in [5, 5.41) is -0.313. The number of carbonyl (C=O) groups is 2. The third-order valence-corrected chi connectivity index (χ3v) is 5.39. The Morgan fingerprint density at radius 1 is 1.13 bits per heavy atom. The quantitative estimate of drug-likeness (QED) is 0.669. The molecule has 10 heteroatoms. The van der Waals surface area contributed by atoms with Gasteiger partial charge in [0.15, 0.2) is 0 Å². The molecular weight excluding hydrogens is 435 g/mol. The third-order valence-electron chi connectivity index (χ3n) is 3.72. The van der Waals surface area contributed by atoms with Gasteiger partial charge >= 0.3 is 5.97 Å². The lowest BCUT2D eigenvalue weighted by atomic mass is 10.2. The number of benzene rings is 2. The first-order chi connectivity index (χ1) is 13.8. The Morgan fingerprint density at radius 3 is 2.27 bits per heavy atom. The monoisotopic (exact) mass is 456 g/mol. The fourth-order valence-electron chi connectivity index (χ4n) is 2.40. The topological polar surface area (TPSA) is 92.8 Å². The van der Waals surface area contributed by atoms with Crippen molar-refractivity contribution >= 4 is 39.2 Å². The van der Waals surface area contributed by atoms with Crippen LogP contribution in [0.1, 0.15) is 31.1 Å². The molecule has 0 aliphatic rings. The average molecular weight is 457 g/mol. The van der Waals surface area contributed by atoms with E-state index in [2.05, 4.69) is 4.72 Å². The summed E-state index contributed by atoms with van der Waals surface area (Å²) in [4.78, 5) is 25.3. The zero-order valence-electron chi connectivity index (χ0n) is 16.9. The van der Waals surface area contributed by atoms with Crippen molar-refractivity contribution in [1.29, 1.82) is 0 Å². The average Bonchev–Trinajstić information content (AvgIpc) is 2.62. The van der Waals surface area contributed by atoms with E-state index >= 15 is 0 Å². The van der Waals surface area contributed by atoms with Crippen molar-refractivity contribution in [2.45, 2.75) is 31.3 Å². The van der Waals surface area contributed by atoms with Gasteiger partial charge in [0, 0.05) is 18.3 Å². The predicted molar refractivity (Wildman–Crippen MR) is 111 cm³/mol. The van der Waals surface area contributed by atoms with Crippen molar-refractivity contribution < 1.29 is 27.1 Å². The minimum Gasteiger partial charge on any atom is -0.459 e. The normalized spacial score (nSPS) is 11.7. The van der Waals surface area contributed by atoms with Crippen molar-refractivity contribution in [3.05, 3.63) is 58.9 Å². The van der Waals surface area contributed by atoms with Crippen LogP contribution in [0.5, 0.6) is 0 Å². The molecule has 0 saturated carbocycles. The Hall–Kier alpha value is -2.65. The number of amides is 1. The van der Waals surface area contributed by atoms with E-state index in [0.717, 1.165) is 18.2 Å². The molecule has 0 bridgehead atoms. The Morgan fingerprint density at radius 2 is 1.73 bits per heavy atom. The third kappa shape index (κ3) is 6.43. The molecule has 1 N–H and O–H groups in total. The van der Waals surface area contributed by atoms with Crippen LogP contribution in [-0.2, 0) is 19.6 Å². The van der Waals surface area contributed by atoms with E-state index in [1.54, 1.807) is 20.8 Å². The number of ether oxygens (including phenoxy) is 1. The molecule has 0 radical (unpaired) electrons. The smallest absolute Gasteiger partial charge is 0.326 e. The molecule has 0 aliphatic heterocycles. The molecule has 0 atom stereocenters. The molecule has 0 fully saturated rings. The molecule has 162 valence electrons. The zero-order chi connectivity index (χ0) is 22.7. The highest BCUT2D eigenvalue weighted by atomic mass is 35.5. The van der Waals surface area contributed by atoms with Crippen molar-refractivity contribution in [1.82, 2.24) is 4.90 Å². The van der Waals surface area contributed by atoms with Gasteiger partial charge in [-0.3, -0.25) is 14.3 Å². The number of anilines is 1. The van der Waals surface area contributed by atoms with Gasteiger partial charge in [-0.25, -0.2) is 12.8 Å². The Bertz CT molecular complexity index is 1050. The first kappa shape index (κ1) is 23.6. The molecule has 0 spiro atoms. The maximum absolute atomic E-state index is 13.2. The standard InChI is InChI=1S/C20H22ClFN2O5S/c1-20(2,3)29-18(25)12-24(4)19(26)13-5-7-14(8-6-13)23-30(27,28)15-9-10-17(22)16(21)11-15/h5-11,23H,12H2,1-4H3. The second kappa shape index (κ2) is 9.01. The molecule has 2 aromatic carbocycles. The van der Waals surface area contributed by atoms with E-state index in [9.17, 15) is 22.4 Å². The molecule has 7 nitrogen and oxygen atoms in total. The van der Waals surface area contributed by atoms with Gasteiger partial charge in [-0.1, -0.05) is 11.6 Å². The summed E-state index contributed by atoms with van der Waals surface area (Å²) in [6, 6.07) is 8.69. The SMILES string of the molecule is CN(CC(=O)OC(C)(C)C)C(=O)c1ccc(NS(=O)(=O)c2ccc(F)c(Cl)c2)cc1. The Balaban J connectivity index is 2.07. The van der Waals surface area contributed by atoms with Crippen molar-refractivity contribution in [3.63, 3.8) is 0 Å². The lowest BCUT2D eigenvalue weighted by molar-refractivity contribution is -0.155. The Labute approximate surface area is 179 Å². The van der Waals surface area contributed by atoms with Crippen LogP contribution in [0.3, 0.4) is 0 Å². The van der Waals surface area contributed by atoms with E-state index in [1.165, 1.54) is 36.2 Å². The summed E-state index contributed by atoms with van der Waals surface area (Å²) in [5.74, 6) is -1.70. The van der Waals surface area contributed by atoms with Gasteiger partial charge in [0.05, 0.1) is 9.92 Å². The molecule has 30 heavy (non-hydrogen) atoms. The van der Waals surface area contributed by atoms with E-state index in [1.807, 2.05) is 0 Å². The number of sulfonamides is 1. The molecular formula is C20H22ClFN2O5S. The maximum atomic E-state index is 13.2. The number of hydrogen-bond donors (Lipinski definition) is 1. The molecule has 0 unspecified atom stereocenters. The largest absolute Gasteiger partial charge is 0.459 e. The number of nitrogens with zero attached hydrogens (tertiary/aromatic N) is 1. The summed E-state index contributed by atoms with van der Waals surface area (Å²) in [5.41, 5.74) is -0.204. The summed E-state index contributed by atoms with van der Waals surface area (Å²) in [6.07, 6.45) is 0. The lowest BCUT2D eigenvalue weighted by Crippen LogP contribution is -2.36. The number of rotatable bonds is 6. The van der Waals surface area contributed by atoms with Crippen LogP contribution in [-0.4, -0.2) is 44.4 Å². The van der Waals surface area contributed by atoms with Crippen LogP contribution >= 0.6 is 11.6 Å². The fraction of sp³-hybridized carbons (Fsp3) is 0.300. The van der Waals surface area contributed by atoms with Crippen LogP contribution in [0.15, 0.2) is 47.4 Å². The van der Waals surface area contributed by atoms with Crippen LogP contribution in [0.4, 0.5) is 10.1 Å². The highest BCUT2D eigenvalue weighted by molar-refractivity contribution is 7.92. The molecule has 0 heterocycles. The molecule has 0 aromatic heterocycles. The van der Waals surface area contributed by atoms with E-state index < -0.39 is 33.3 Å². The number of esters is 1. The summed E-state index contributed by atoms with van der Waals surface area (Å²) in [7, 11) is -2.53. The van der Waals surface area contributed by atoms with E-state index in [0.29, 0.717) is 0 Å². The predicted octanol–water partition coefficient (Wildman–Crippen LogP) is 3.69. The highest BCUT2D eigenvalue weighted by Crippen LogP contribution is 2.22. The van der Waals surface area contributed by atoms with Gasteiger partial charge in [0.2, 0.25) is 0 Å². The zero-order valence-corrected chi connectivity index (χ0v) is 18.5. The molecule has 1 amide bonds. The van der Waals surface area contributed by atoms with E-state index in [-0.39, 0.29) is 27.7 Å². The number of hydrogen-bond acceptors (Lipinski definition) is 5. The second-order valence-corrected chi connectivity index (χ2v) is 9.60. The minimum atomic E-state index is -3.99. The molecule has 0 aliphatic carbocycles. The van der Waals surface area contributed by atoms with Gasteiger partial charge in [0.25, 0.3) is 15.9 Å². The minimum absolute atomic E-state index is 0.196. The van der Waals surface area contributed by atoms with E-state index in [4.69, 9.17) is 16.3 Å². The van der Waals surface area contributed by atoms with Gasteiger partial charge in [-0.05, 0) is 63.2 Å². The van der Waals surface area contributed by atoms with Crippen molar-refractivity contribution in [2.24, 2.45) is 0 Å². The van der Waals surface area contributed by atoms with Gasteiger partial charge < -0.3 is 9.64 Å². The molecule has 2 aromatic rings. The van der Waals surface area contributed by atoms with Crippen molar-refractivity contribution in [3.8, 4) is 0 Å². The molecule has 0 saturated heterocycles. The van der Waals surface area contributed by atoms with Crippen LogP contribution in [0, 0.1) is 5.82 Å². The van der Waals surface area contributed by atoms with Crippen LogP contribution in [0.25, 0.3) is 0 Å². The van der Waals surface area contributed by atoms with Crippen molar-refractivity contribution in [2.75, 3.05) is 18.3 Å². The summed E-state index contributed by atoms with van der Waals surface area (Å²) < 4.78 is 45.6. The summed E-state index contributed by atoms with van der Waals surface area (Å²) in [6.45, 7) is 4.96. The number of nitrogens with one attached hydrogen (secondary N) is 1.